The maximum Gasteiger partial charge on any atom is 0.187 e. The van der Waals surface area contributed by atoms with E-state index in [1.807, 2.05) is 0 Å². The maximum absolute atomic E-state index is 11.9. The van der Waals surface area contributed by atoms with Crippen molar-refractivity contribution >= 4 is 17.3 Å². The van der Waals surface area contributed by atoms with Gasteiger partial charge in [0.2, 0.25) is 0 Å². The normalized spacial score (nSPS) is 24.5. The molecular formula is C15H26O9. The van der Waals surface area contributed by atoms with Crippen LogP contribution in [0, 0.1) is 0 Å². The minimum Gasteiger partial charge on any atom is -0.390 e. The molecular weight excluding hydrogens is 324 g/mol. The van der Waals surface area contributed by atoms with E-state index >= 15 is 0 Å². The molecule has 140 valence electrons. The molecule has 9 nitrogen and oxygen atoms in total. The fourth-order valence-electron chi connectivity index (χ4n) is 2.88. The third kappa shape index (κ3) is 2.81. The van der Waals surface area contributed by atoms with Gasteiger partial charge in [-0.2, -0.15) is 0 Å². The van der Waals surface area contributed by atoms with Crippen LogP contribution in [0.5, 0.6) is 0 Å². The average molecular weight is 350 g/mol. The molecule has 0 rings (SSSR count). The Morgan fingerprint density at radius 2 is 1.04 bits per heavy atom. The van der Waals surface area contributed by atoms with E-state index in [2.05, 4.69) is 0 Å². The number of hydrogen-bond acceptors (Lipinski definition) is 9. The minimum absolute atomic E-state index is 0.664. The lowest BCUT2D eigenvalue weighted by Crippen LogP contribution is -2.81. The average Bonchev–Trinajstić information content (AvgIpc) is 2.42. The van der Waals surface area contributed by atoms with E-state index in [1.165, 1.54) is 0 Å². The van der Waals surface area contributed by atoms with Crippen molar-refractivity contribution in [3.05, 3.63) is 0 Å². The van der Waals surface area contributed by atoms with Gasteiger partial charge in [0.05, 0.1) is 6.10 Å². The van der Waals surface area contributed by atoms with E-state index < -0.39 is 52.0 Å². The summed E-state index contributed by atoms with van der Waals surface area (Å²) in [6.45, 7) is 4.69. The van der Waals surface area contributed by atoms with Crippen LogP contribution in [0.25, 0.3) is 0 Å². The minimum atomic E-state index is -3.26. The van der Waals surface area contributed by atoms with Crippen LogP contribution in [0.2, 0.25) is 0 Å². The molecule has 0 radical (unpaired) electrons. The summed E-state index contributed by atoms with van der Waals surface area (Å²) in [5.74, 6) is -3.58. The number of aliphatic hydroxyl groups is 6. The third-order valence-electron chi connectivity index (χ3n) is 4.89. The van der Waals surface area contributed by atoms with E-state index in [0.29, 0.717) is 13.8 Å². The molecule has 9 heteroatoms. The maximum atomic E-state index is 11.9. The lowest BCUT2D eigenvalue weighted by molar-refractivity contribution is -0.297. The Kier molecular flexibility index (Phi) is 6.25. The molecule has 0 aromatic rings. The van der Waals surface area contributed by atoms with Crippen LogP contribution >= 0.6 is 0 Å². The van der Waals surface area contributed by atoms with Gasteiger partial charge in [-0.25, -0.2) is 0 Å². The number of Topliss-reactive ketones (excluding diaryl/α,β-unsaturated/α-hetero) is 3. The highest BCUT2D eigenvalue weighted by Gasteiger charge is 2.71. The van der Waals surface area contributed by atoms with Crippen molar-refractivity contribution in [3.8, 4) is 0 Å². The van der Waals surface area contributed by atoms with Crippen LogP contribution in [-0.2, 0) is 14.4 Å². The first-order valence-corrected chi connectivity index (χ1v) is 7.22. The summed E-state index contributed by atoms with van der Waals surface area (Å²) >= 11 is 0. The molecule has 0 aliphatic rings. The smallest absolute Gasteiger partial charge is 0.187 e. The highest BCUT2D eigenvalue weighted by molar-refractivity contribution is 5.96. The molecule has 0 saturated heterocycles. The molecule has 0 aromatic carbocycles. The van der Waals surface area contributed by atoms with Crippen LogP contribution < -0.4 is 0 Å². The molecule has 0 fully saturated rings. The van der Waals surface area contributed by atoms with Gasteiger partial charge in [0.1, 0.15) is 11.2 Å². The van der Waals surface area contributed by atoms with Gasteiger partial charge in [-0.1, -0.05) is 0 Å². The number of hydrogen-bond donors (Lipinski definition) is 6. The summed E-state index contributed by atoms with van der Waals surface area (Å²) in [5.41, 5.74) is -12.4. The van der Waals surface area contributed by atoms with Crippen LogP contribution in [0.3, 0.4) is 0 Å². The summed E-state index contributed by atoms with van der Waals surface area (Å²) in [7, 11) is 0. The molecule has 0 aromatic heterocycles. The Morgan fingerprint density at radius 3 is 1.25 bits per heavy atom. The third-order valence-corrected chi connectivity index (χ3v) is 4.89. The van der Waals surface area contributed by atoms with Gasteiger partial charge in [-0.3, -0.25) is 14.4 Å². The Hall–Kier alpha value is -1.23. The number of aliphatic hydroxyl groups excluding tert-OH is 2. The Balaban J connectivity index is 6.69. The second-order valence-electron chi connectivity index (χ2n) is 6.48. The first kappa shape index (κ1) is 22.8. The topological polar surface area (TPSA) is 173 Å². The predicted molar refractivity (Wildman–Crippen MR) is 80.9 cm³/mol. The molecule has 0 aliphatic heterocycles. The predicted octanol–water partition coefficient (Wildman–Crippen LogP) is -2.54. The second kappa shape index (κ2) is 6.58. The molecule has 6 N–H and O–H groups in total. The van der Waals surface area contributed by atoms with Gasteiger partial charge in [0.15, 0.2) is 34.7 Å². The Labute approximate surface area is 139 Å². The van der Waals surface area contributed by atoms with Crippen molar-refractivity contribution in [2.75, 3.05) is 0 Å². The van der Waals surface area contributed by atoms with Crippen molar-refractivity contribution in [1.29, 1.82) is 0 Å². The standard InChI is InChI=1S/C15H26O9/c1-7(16)11(20)15(24,10(4)19)13(6,22)12(5,21)14(23,8(2)17)9(3)18/h8,11,17,20-24H,1-6H3/t8?,11?,12-,13-,14-,15-/m0/s1. The second-order valence-corrected chi connectivity index (χ2v) is 6.48. The Bertz CT molecular complexity index is 537. The van der Waals surface area contributed by atoms with Crippen molar-refractivity contribution < 1.29 is 45.0 Å². The molecule has 24 heavy (non-hydrogen) atoms. The molecule has 2 unspecified atom stereocenters. The summed E-state index contributed by atoms with van der Waals surface area (Å²) in [6, 6.07) is 0. The molecule has 0 spiro atoms. The van der Waals surface area contributed by atoms with Crippen molar-refractivity contribution in [1.82, 2.24) is 0 Å². The van der Waals surface area contributed by atoms with Gasteiger partial charge < -0.3 is 30.6 Å². The molecule has 0 bridgehead atoms. The SMILES string of the molecule is CC(=O)C(O)[C@@](O)(C(C)=O)[C@@](C)(O)[C@](C)(O)[C@@](O)(C(C)=O)C(C)O. The van der Waals surface area contributed by atoms with E-state index in [0.717, 1.165) is 27.7 Å². The van der Waals surface area contributed by atoms with Crippen molar-refractivity contribution in [3.63, 3.8) is 0 Å². The molecule has 0 heterocycles. The van der Waals surface area contributed by atoms with E-state index in [-0.39, 0.29) is 0 Å². The van der Waals surface area contributed by atoms with Gasteiger partial charge >= 0.3 is 0 Å². The van der Waals surface area contributed by atoms with Crippen molar-refractivity contribution in [2.45, 2.75) is 76.2 Å². The number of ketones is 3. The largest absolute Gasteiger partial charge is 0.390 e. The summed E-state index contributed by atoms with van der Waals surface area (Å²) in [4.78, 5) is 35.2. The van der Waals surface area contributed by atoms with Crippen LogP contribution in [0.15, 0.2) is 0 Å². The molecule has 0 saturated carbocycles. The monoisotopic (exact) mass is 350 g/mol. The number of carbonyl (C=O) groups is 3. The van der Waals surface area contributed by atoms with Gasteiger partial charge in [-0.05, 0) is 41.5 Å². The first-order valence-electron chi connectivity index (χ1n) is 7.22. The van der Waals surface area contributed by atoms with Gasteiger partial charge in [0, 0.05) is 0 Å². The number of rotatable bonds is 8. The summed E-state index contributed by atoms with van der Waals surface area (Å²) < 4.78 is 0. The highest BCUT2D eigenvalue weighted by Crippen LogP contribution is 2.44. The number of carbonyl (C=O) groups excluding carboxylic acids is 3. The zero-order valence-corrected chi connectivity index (χ0v) is 14.6. The fourth-order valence-corrected chi connectivity index (χ4v) is 2.88. The lowest BCUT2D eigenvalue weighted by atomic mass is 9.60. The van der Waals surface area contributed by atoms with Crippen LogP contribution in [0.4, 0.5) is 0 Å². The Morgan fingerprint density at radius 1 is 0.750 bits per heavy atom. The van der Waals surface area contributed by atoms with Crippen LogP contribution in [-0.4, -0.2) is 82.6 Å². The van der Waals surface area contributed by atoms with Crippen LogP contribution in [0.1, 0.15) is 41.5 Å². The molecule has 6 atom stereocenters. The van der Waals surface area contributed by atoms with E-state index in [9.17, 15) is 45.0 Å². The molecule has 0 amide bonds. The summed E-state index contributed by atoms with van der Waals surface area (Å²) in [5, 5.41) is 62.2. The fraction of sp³-hybridized carbons (Fsp3) is 0.800. The highest BCUT2D eigenvalue weighted by atomic mass is 16.4. The van der Waals surface area contributed by atoms with Gasteiger partial charge in [-0.15, -0.1) is 0 Å². The van der Waals surface area contributed by atoms with E-state index in [4.69, 9.17) is 0 Å². The summed E-state index contributed by atoms with van der Waals surface area (Å²) in [6.07, 6.45) is -4.39. The zero-order valence-electron chi connectivity index (χ0n) is 14.6. The van der Waals surface area contributed by atoms with E-state index in [1.54, 1.807) is 0 Å². The quantitative estimate of drug-likeness (QED) is 0.276. The first-order chi connectivity index (χ1) is 10.4. The lowest BCUT2D eigenvalue weighted by Gasteiger charge is -2.54. The zero-order chi connectivity index (χ0) is 19.9. The molecule has 0 aliphatic carbocycles. The van der Waals surface area contributed by atoms with Gasteiger partial charge in [0.25, 0.3) is 0 Å². The van der Waals surface area contributed by atoms with Crippen molar-refractivity contribution in [2.24, 2.45) is 0 Å².